The fourth-order valence-corrected chi connectivity index (χ4v) is 5.16. The van der Waals surface area contributed by atoms with Crippen molar-refractivity contribution in [1.82, 2.24) is 9.46 Å². The minimum Gasteiger partial charge on any atom is -0.356 e. The van der Waals surface area contributed by atoms with Crippen LogP contribution in [0.3, 0.4) is 0 Å². The summed E-state index contributed by atoms with van der Waals surface area (Å²) >= 11 is 0. The third-order valence-electron chi connectivity index (χ3n) is 4.77. The molecule has 2 unspecified atom stereocenters. The highest BCUT2D eigenvalue weighted by Gasteiger charge is 2.54. The van der Waals surface area contributed by atoms with E-state index >= 15 is 4.39 Å². The summed E-state index contributed by atoms with van der Waals surface area (Å²) in [4.78, 5) is 0. The summed E-state index contributed by atoms with van der Waals surface area (Å²) in [6.07, 6.45) is 1.39. The van der Waals surface area contributed by atoms with Crippen LogP contribution in [0.1, 0.15) is 31.4 Å². The van der Waals surface area contributed by atoms with Gasteiger partial charge >= 0.3 is 0 Å². The van der Waals surface area contributed by atoms with E-state index in [4.69, 9.17) is 9.66 Å². The minimum atomic E-state index is -3.80. The van der Waals surface area contributed by atoms with Crippen LogP contribution in [-0.2, 0) is 15.9 Å². The van der Waals surface area contributed by atoms with Gasteiger partial charge in [-0.05, 0) is 25.0 Å². The Bertz CT molecular complexity index is 821. The second-order valence-corrected chi connectivity index (χ2v) is 7.61. The van der Waals surface area contributed by atoms with Gasteiger partial charge < -0.3 is 4.52 Å². The van der Waals surface area contributed by atoms with E-state index < -0.39 is 28.0 Å². The maximum Gasteiger partial charge on any atom is 0.277 e. The van der Waals surface area contributed by atoms with Gasteiger partial charge in [0.2, 0.25) is 0 Å². The van der Waals surface area contributed by atoms with Crippen LogP contribution in [0.2, 0.25) is 0 Å². The smallest absolute Gasteiger partial charge is 0.277 e. The zero-order chi connectivity index (χ0) is 15.5. The predicted molar refractivity (Wildman–Crippen MR) is 77.8 cm³/mol. The maximum atomic E-state index is 15.6. The number of benzene rings is 1. The Hall–Kier alpha value is -1.51. The molecule has 1 aromatic heterocycles. The van der Waals surface area contributed by atoms with Crippen molar-refractivity contribution in [2.75, 3.05) is 0 Å². The van der Waals surface area contributed by atoms with Crippen molar-refractivity contribution in [3.63, 3.8) is 0 Å². The van der Waals surface area contributed by atoms with Crippen LogP contribution in [0.15, 0.2) is 28.8 Å². The van der Waals surface area contributed by atoms with Gasteiger partial charge in [-0.25, -0.2) is 9.53 Å². The third-order valence-corrected chi connectivity index (χ3v) is 5.95. The molecule has 0 saturated carbocycles. The molecule has 1 aromatic carbocycles. The molecule has 2 atom stereocenters. The molecule has 2 saturated heterocycles. The summed E-state index contributed by atoms with van der Waals surface area (Å²) in [5.74, 6) is 0. The molecule has 2 N–H and O–H groups in total. The number of rotatable bonds is 2. The highest BCUT2D eigenvalue weighted by molar-refractivity contribution is 7.86. The van der Waals surface area contributed by atoms with Crippen molar-refractivity contribution in [3.8, 4) is 0 Å². The number of nitrogens with two attached hydrogens (primary N) is 1. The first kappa shape index (κ1) is 14.1. The lowest BCUT2D eigenvalue weighted by Gasteiger charge is -2.39. The molecule has 2 fully saturated rings. The highest BCUT2D eigenvalue weighted by atomic mass is 32.2. The summed E-state index contributed by atoms with van der Waals surface area (Å²) in [6.45, 7) is 0. The molecular formula is C14H16FN3O3S. The fourth-order valence-electron chi connectivity index (χ4n) is 3.97. The zero-order valence-corrected chi connectivity index (χ0v) is 12.6. The maximum absolute atomic E-state index is 15.6. The van der Waals surface area contributed by atoms with Crippen molar-refractivity contribution in [3.05, 3.63) is 30.0 Å². The largest absolute Gasteiger partial charge is 0.356 e. The standard InChI is InChI=1S/C14H16FN3O3S/c15-14(13-11-3-1-2-4-12(11)21-17-13)7-9-5-6-10(8-14)18(9)22(16,19)20/h1-4,9-10H,5-8H2,(H2,16,19,20). The molecule has 2 aliphatic rings. The predicted octanol–water partition coefficient (Wildman–Crippen LogP) is 1.82. The van der Waals surface area contributed by atoms with Gasteiger partial charge in [-0.1, -0.05) is 17.3 Å². The van der Waals surface area contributed by atoms with Gasteiger partial charge in [0, 0.05) is 30.3 Å². The van der Waals surface area contributed by atoms with Crippen LogP contribution < -0.4 is 5.14 Å². The molecule has 0 aliphatic carbocycles. The average molecular weight is 325 g/mol. The Balaban J connectivity index is 1.75. The molecule has 2 aromatic rings. The molecule has 0 amide bonds. The number of hydrogen-bond acceptors (Lipinski definition) is 4. The molecule has 2 aliphatic heterocycles. The molecule has 3 heterocycles. The molecule has 4 rings (SSSR count). The van der Waals surface area contributed by atoms with Crippen LogP contribution in [0, 0.1) is 0 Å². The number of aromatic nitrogens is 1. The second-order valence-electron chi connectivity index (χ2n) is 6.16. The number of nitrogens with zero attached hydrogens (tertiary/aromatic N) is 2. The van der Waals surface area contributed by atoms with E-state index in [0.29, 0.717) is 23.8 Å². The fraction of sp³-hybridized carbons (Fsp3) is 0.500. The molecule has 0 spiro atoms. The minimum absolute atomic E-state index is 0.0659. The van der Waals surface area contributed by atoms with Crippen LogP contribution >= 0.6 is 0 Å². The van der Waals surface area contributed by atoms with Gasteiger partial charge in [0.25, 0.3) is 10.2 Å². The van der Waals surface area contributed by atoms with Crippen molar-refractivity contribution in [2.45, 2.75) is 43.4 Å². The summed E-state index contributed by atoms with van der Waals surface area (Å²) in [6, 6.07) is 6.30. The van der Waals surface area contributed by atoms with Gasteiger partial charge in [-0.2, -0.15) is 12.7 Å². The number of fused-ring (bicyclic) bond motifs is 3. The van der Waals surface area contributed by atoms with Crippen LogP contribution in [0.5, 0.6) is 0 Å². The van der Waals surface area contributed by atoms with Crippen molar-refractivity contribution < 1.29 is 17.3 Å². The summed E-state index contributed by atoms with van der Waals surface area (Å²) < 4.78 is 45.5. The Morgan fingerprint density at radius 3 is 2.55 bits per heavy atom. The van der Waals surface area contributed by atoms with Crippen molar-refractivity contribution in [1.29, 1.82) is 0 Å². The Kier molecular flexibility index (Phi) is 2.88. The van der Waals surface area contributed by atoms with Gasteiger partial charge in [0.15, 0.2) is 11.3 Å². The van der Waals surface area contributed by atoms with E-state index in [1.54, 1.807) is 24.3 Å². The van der Waals surface area contributed by atoms with Gasteiger partial charge in [0.1, 0.15) is 5.69 Å². The van der Waals surface area contributed by atoms with E-state index in [0.717, 1.165) is 0 Å². The number of piperidine rings is 1. The lowest BCUT2D eigenvalue weighted by molar-refractivity contribution is 0.0427. The molecule has 8 heteroatoms. The Morgan fingerprint density at radius 2 is 1.91 bits per heavy atom. The van der Waals surface area contributed by atoms with Gasteiger partial charge in [-0.3, -0.25) is 0 Å². The lowest BCUT2D eigenvalue weighted by Crippen LogP contribution is -2.52. The zero-order valence-electron chi connectivity index (χ0n) is 11.8. The molecule has 22 heavy (non-hydrogen) atoms. The second kappa shape index (κ2) is 4.50. The molecular weight excluding hydrogens is 309 g/mol. The lowest BCUT2D eigenvalue weighted by atomic mass is 9.85. The number of hydrogen-bond donors (Lipinski definition) is 1. The first-order valence-electron chi connectivity index (χ1n) is 7.23. The molecule has 118 valence electrons. The molecule has 6 nitrogen and oxygen atoms in total. The molecule has 2 bridgehead atoms. The van der Waals surface area contributed by atoms with E-state index in [2.05, 4.69) is 5.16 Å². The summed E-state index contributed by atoms with van der Waals surface area (Å²) in [5, 5.41) is 9.84. The number of halogens is 1. The first-order chi connectivity index (χ1) is 10.4. The van der Waals surface area contributed by atoms with E-state index in [1.165, 1.54) is 4.31 Å². The van der Waals surface area contributed by atoms with Gasteiger partial charge in [0.05, 0.1) is 0 Å². The van der Waals surface area contributed by atoms with Crippen molar-refractivity contribution >= 4 is 21.2 Å². The Labute approximate surface area is 127 Å². The number of alkyl halides is 1. The monoisotopic (exact) mass is 325 g/mol. The van der Waals surface area contributed by atoms with Crippen LogP contribution in [0.4, 0.5) is 4.39 Å². The quantitative estimate of drug-likeness (QED) is 0.912. The Morgan fingerprint density at radius 1 is 1.27 bits per heavy atom. The van der Waals surface area contributed by atoms with Crippen LogP contribution in [0.25, 0.3) is 11.0 Å². The van der Waals surface area contributed by atoms with Gasteiger partial charge in [-0.15, -0.1) is 0 Å². The summed E-state index contributed by atoms with van der Waals surface area (Å²) in [7, 11) is -3.80. The van der Waals surface area contributed by atoms with Crippen molar-refractivity contribution in [2.24, 2.45) is 5.14 Å². The molecule has 0 radical (unpaired) electrons. The highest BCUT2D eigenvalue weighted by Crippen LogP contribution is 2.49. The summed E-state index contributed by atoms with van der Waals surface area (Å²) in [5.41, 5.74) is -0.871. The van der Waals surface area contributed by atoms with Crippen LogP contribution in [-0.4, -0.2) is 30.0 Å². The topological polar surface area (TPSA) is 89.4 Å². The average Bonchev–Trinajstić information content (AvgIpc) is 2.99. The number of para-hydroxylation sites is 1. The third kappa shape index (κ3) is 1.98. The van der Waals surface area contributed by atoms with E-state index in [-0.39, 0.29) is 18.5 Å². The normalized spacial score (nSPS) is 32.6. The van der Waals surface area contributed by atoms with E-state index in [1.807, 2.05) is 0 Å². The SMILES string of the molecule is NS(=O)(=O)N1C2CCC1CC(F)(c1noc3ccccc13)C2. The first-order valence-corrected chi connectivity index (χ1v) is 8.74. The van der Waals surface area contributed by atoms with E-state index in [9.17, 15) is 8.42 Å².